The topological polar surface area (TPSA) is 97.0 Å². The van der Waals surface area contributed by atoms with Crippen LogP contribution in [-0.2, 0) is 23.6 Å². The zero-order valence-corrected chi connectivity index (χ0v) is 17.6. The second-order valence-electron chi connectivity index (χ2n) is 7.95. The molecule has 0 bridgehead atoms. The fraction of sp³-hybridized carbons (Fsp3) is 0.286. The molecule has 35 heavy (non-hydrogen) atoms. The van der Waals surface area contributed by atoms with E-state index in [2.05, 4.69) is 20.1 Å². The van der Waals surface area contributed by atoms with Crippen molar-refractivity contribution in [3.8, 4) is 11.4 Å². The number of hydrogen-bond acceptors (Lipinski definition) is 6. The van der Waals surface area contributed by atoms with Gasteiger partial charge in [0.15, 0.2) is 5.82 Å². The molecule has 1 N–H and O–H groups in total. The molecule has 1 aliphatic rings. The lowest BCUT2D eigenvalue weighted by molar-refractivity contribution is -0.150. The zero-order chi connectivity index (χ0) is 25.4. The molecule has 2 aromatic heterocycles. The molecule has 0 radical (unpaired) electrons. The van der Waals surface area contributed by atoms with Gasteiger partial charge in [0.1, 0.15) is 11.9 Å². The van der Waals surface area contributed by atoms with E-state index in [9.17, 15) is 36.2 Å². The molecule has 0 aliphatic carbocycles. The number of nitrogens with zero attached hydrogens (tertiary/aromatic N) is 6. The van der Waals surface area contributed by atoms with E-state index in [-0.39, 0.29) is 31.4 Å². The van der Waals surface area contributed by atoms with Crippen LogP contribution in [0.5, 0.6) is 0 Å². The first-order valence-corrected chi connectivity index (χ1v) is 9.98. The van der Waals surface area contributed by atoms with Crippen LogP contribution in [0.2, 0.25) is 0 Å². The molecule has 1 aromatic carbocycles. The van der Waals surface area contributed by atoms with Gasteiger partial charge in [-0.2, -0.15) is 26.3 Å². The molecule has 1 fully saturated rings. The minimum atomic E-state index is -5.00. The van der Waals surface area contributed by atoms with Gasteiger partial charge < -0.3 is 10.0 Å². The molecule has 1 amide bonds. The Labute approximate surface area is 193 Å². The van der Waals surface area contributed by atoms with Crippen molar-refractivity contribution < 1.29 is 36.2 Å². The van der Waals surface area contributed by atoms with E-state index in [1.807, 2.05) is 0 Å². The van der Waals surface area contributed by atoms with E-state index < -0.39 is 40.6 Å². The van der Waals surface area contributed by atoms with Crippen molar-refractivity contribution in [1.29, 1.82) is 0 Å². The van der Waals surface area contributed by atoms with E-state index in [0.29, 0.717) is 17.8 Å². The van der Waals surface area contributed by atoms with Crippen LogP contribution in [0, 0.1) is 0 Å². The van der Waals surface area contributed by atoms with E-state index >= 15 is 0 Å². The van der Waals surface area contributed by atoms with Crippen LogP contribution in [0.3, 0.4) is 0 Å². The van der Waals surface area contributed by atoms with Crippen molar-refractivity contribution in [2.45, 2.75) is 24.4 Å². The summed E-state index contributed by atoms with van der Waals surface area (Å²) in [4.78, 5) is 25.4. The molecular formula is C21H16F6N6O2. The number of amides is 1. The van der Waals surface area contributed by atoms with Gasteiger partial charge in [0.2, 0.25) is 5.91 Å². The molecule has 0 unspecified atom stereocenters. The van der Waals surface area contributed by atoms with Crippen molar-refractivity contribution in [3.63, 3.8) is 0 Å². The molecule has 0 saturated carbocycles. The average molecular weight is 498 g/mol. The lowest BCUT2D eigenvalue weighted by Crippen LogP contribution is -2.64. The highest BCUT2D eigenvalue weighted by Crippen LogP contribution is 2.38. The second-order valence-corrected chi connectivity index (χ2v) is 7.95. The number of benzene rings is 1. The van der Waals surface area contributed by atoms with Gasteiger partial charge in [-0.3, -0.25) is 14.8 Å². The van der Waals surface area contributed by atoms with Crippen molar-refractivity contribution in [3.05, 3.63) is 66.0 Å². The van der Waals surface area contributed by atoms with Crippen LogP contribution < -0.4 is 0 Å². The average Bonchev–Trinajstić information content (AvgIpc) is 3.24. The molecule has 3 heterocycles. The van der Waals surface area contributed by atoms with Gasteiger partial charge in [-0.15, -0.1) is 5.10 Å². The Hall–Kier alpha value is -3.81. The number of alkyl halides is 6. The normalized spacial score (nSPS) is 15.9. The maximum atomic E-state index is 13.1. The maximum absolute atomic E-state index is 13.1. The first-order chi connectivity index (χ1) is 16.3. The van der Waals surface area contributed by atoms with Crippen molar-refractivity contribution >= 4 is 12.1 Å². The SMILES string of the molecule is O=C(C=Cn1cnc(-c2cc(C(F)(F)F)cc(C(F)(F)F)c2)n1)N1CC(O)(Cc2cnccn2)C1. The van der Waals surface area contributed by atoms with Gasteiger partial charge in [0.05, 0.1) is 29.9 Å². The molecular weight excluding hydrogens is 482 g/mol. The number of likely N-dealkylation sites (tertiary alicyclic amines) is 1. The predicted octanol–water partition coefficient (Wildman–Crippen LogP) is 3.06. The molecule has 1 aliphatic heterocycles. The third-order valence-corrected chi connectivity index (χ3v) is 5.13. The van der Waals surface area contributed by atoms with Crippen LogP contribution in [-0.4, -0.2) is 59.3 Å². The van der Waals surface area contributed by atoms with Gasteiger partial charge >= 0.3 is 12.4 Å². The Morgan fingerprint density at radius 2 is 1.69 bits per heavy atom. The monoisotopic (exact) mass is 498 g/mol. The Bertz CT molecular complexity index is 1220. The van der Waals surface area contributed by atoms with E-state index in [1.54, 1.807) is 0 Å². The highest BCUT2D eigenvalue weighted by Gasteiger charge is 2.43. The summed E-state index contributed by atoms with van der Waals surface area (Å²) >= 11 is 0. The zero-order valence-electron chi connectivity index (χ0n) is 17.6. The first-order valence-electron chi connectivity index (χ1n) is 9.98. The lowest BCUT2D eigenvalue weighted by atomic mass is 9.89. The number of β-amino-alcohol motifs (C(OH)–C–C–N with tert-alkyl or cyclic N) is 1. The Kier molecular flexibility index (Phi) is 6.09. The molecule has 3 aromatic rings. The molecule has 1 saturated heterocycles. The summed E-state index contributed by atoms with van der Waals surface area (Å²) in [5.41, 5.74) is -4.05. The first kappa shape index (κ1) is 24.3. The predicted molar refractivity (Wildman–Crippen MR) is 108 cm³/mol. The molecule has 14 heteroatoms. The smallest absolute Gasteiger partial charge is 0.386 e. The van der Waals surface area contributed by atoms with Gasteiger partial charge in [-0.1, -0.05) is 0 Å². The molecule has 4 rings (SSSR count). The van der Waals surface area contributed by atoms with Crippen LogP contribution in [0.1, 0.15) is 16.8 Å². The largest absolute Gasteiger partial charge is 0.416 e. The van der Waals surface area contributed by atoms with Gasteiger partial charge in [-0.25, -0.2) is 9.67 Å². The summed E-state index contributed by atoms with van der Waals surface area (Å²) in [6, 6.07) is 1.04. The minimum absolute atomic E-state index is 0.0116. The summed E-state index contributed by atoms with van der Waals surface area (Å²) < 4.78 is 79.4. The van der Waals surface area contributed by atoms with E-state index in [1.165, 1.54) is 23.5 Å². The highest BCUT2D eigenvalue weighted by molar-refractivity contribution is 5.91. The van der Waals surface area contributed by atoms with Crippen molar-refractivity contribution in [2.75, 3.05) is 13.1 Å². The molecule has 0 atom stereocenters. The van der Waals surface area contributed by atoms with Crippen molar-refractivity contribution in [2.24, 2.45) is 0 Å². The van der Waals surface area contributed by atoms with E-state index in [4.69, 9.17) is 0 Å². The summed E-state index contributed by atoms with van der Waals surface area (Å²) in [5.74, 6) is -0.870. The van der Waals surface area contributed by atoms with Crippen LogP contribution in [0.15, 0.2) is 49.2 Å². The fourth-order valence-electron chi connectivity index (χ4n) is 3.50. The number of halogens is 6. The molecule has 0 spiro atoms. The minimum Gasteiger partial charge on any atom is -0.386 e. The molecule has 8 nitrogen and oxygen atoms in total. The summed E-state index contributed by atoms with van der Waals surface area (Å²) in [6.07, 6.45) is -2.04. The Morgan fingerprint density at radius 3 is 2.26 bits per heavy atom. The number of aromatic nitrogens is 5. The number of hydrogen-bond donors (Lipinski definition) is 1. The standard InChI is InChI=1S/C21H16F6N6O2/c22-20(23,24)14-5-13(6-15(7-14)21(25,26)27)18-30-12-33(31-18)4-1-17(34)32-10-19(35,11-32)8-16-9-28-2-3-29-16/h1-7,9,12,35H,8,10-11H2. The van der Waals surface area contributed by atoms with Crippen LogP contribution >= 0.6 is 0 Å². The maximum Gasteiger partial charge on any atom is 0.416 e. The fourth-order valence-corrected chi connectivity index (χ4v) is 3.50. The second kappa shape index (κ2) is 8.76. The van der Waals surface area contributed by atoms with Crippen LogP contribution in [0.25, 0.3) is 17.6 Å². The molecule has 184 valence electrons. The number of aliphatic hydroxyl groups is 1. The summed E-state index contributed by atoms with van der Waals surface area (Å²) in [5, 5.41) is 14.3. The summed E-state index contributed by atoms with van der Waals surface area (Å²) in [6.45, 7) is 0.0830. The highest BCUT2D eigenvalue weighted by atomic mass is 19.4. The number of carbonyl (C=O) groups excluding carboxylic acids is 1. The van der Waals surface area contributed by atoms with Gasteiger partial charge in [0, 0.05) is 42.9 Å². The summed E-state index contributed by atoms with van der Waals surface area (Å²) in [7, 11) is 0. The Morgan fingerprint density at radius 1 is 1.03 bits per heavy atom. The lowest BCUT2D eigenvalue weighted by Gasteiger charge is -2.45. The number of rotatable bonds is 5. The number of carbonyl (C=O) groups is 1. The van der Waals surface area contributed by atoms with E-state index in [0.717, 1.165) is 23.3 Å². The van der Waals surface area contributed by atoms with Crippen molar-refractivity contribution in [1.82, 2.24) is 29.6 Å². The third kappa shape index (κ3) is 5.65. The Balaban J connectivity index is 1.44. The quantitative estimate of drug-likeness (QED) is 0.429. The van der Waals surface area contributed by atoms with Gasteiger partial charge in [0.25, 0.3) is 0 Å². The van der Waals surface area contributed by atoms with Gasteiger partial charge in [-0.05, 0) is 18.2 Å². The van der Waals surface area contributed by atoms with Crippen LogP contribution in [0.4, 0.5) is 26.3 Å². The third-order valence-electron chi connectivity index (χ3n) is 5.13.